The highest BCUT2D eigenvalue weighted by Crippen LogP contribution is 2.02. The topological polar surface area (TPSA) is 200 Å². The number of aromatic nitrogens is 2. The van der Waals surface area contributed by atoms with Gasteiger partial charge in [-0.25, -0.2) is 9.78 Å². The van der Waals surface area contributed by atoms with Crippen LogP contribution >= 0.6 is 11.8 Å². The number of thioether (sulfide) groups is 1. The fraction of sp³-hybridized carbons (Fsp3) is 0.562. The Morgan fingerprint density at radius 1 is 1.24 bits per heavy atom. The van der Waals surface area contributed by atoms with Crippen LogP contribution in [0.15, 0.2) is 12.5 Å². The van der Waals surface area contributed by atoms with Crippen LogP contribution in [0.4, 0.5) is 0 Å². The maximum absolute atomic E-state index is 12.3. The standard InChI is InChI=1S/C16H26N6O6S/c1-29-3-2-11(22-14(25)10(17)7-23)15(26)19-6-13(24)21-12(16(27)28)4-9-5-18-8-20-9/h5,8,10-12,23H,2-4,6-7,17H2,1H3,(H,18,20)(H,19,26)(H,21,24)(H,22,25)(H,27,28). The van der Waals surface area contributed by atoms with E-state index >= 15 is 0 Å². The highest BCUT2D eigenvalue weighted by atomic mass is 32.2. The Hall–Kier alpha value is -2.64. The zero-order valence-corrected chi connectivity index (χ0v) is 16.7. The summed E-state index contributed by atoms with van der Waals surface area (Å²) in [5, 5.41) is 25.3. The number of nitrogens with two attached hydrogens (primary N) is 1. The van der Waals surface area contributed by atoms with Crippen molar-refractivity contribution >= 4 is 35.5 Å². The van der Waals surface area contributed by atoms with E-state index in [0.29, 0.717) is 11.4 Å². The van der Waals surface area contributed by atoms with E-state index in [4.69, 9.17) is 10.8 Å². The molecule has 0 fully saturated rings. The normalized spacial score (nSPS) is 13.8. The van der Waals surface area contributed by atoms with Gasteiger partial charge >= 0.3 is 5.97 Å². The van der Waals surface area contributed by atoms with Crippen molar-refractivity contribution in [1.82, 2.24) is 25.9 Å². The van der Waals surface area contributed by atoms with Crippen LogP contribution in [0.5, 0.6) is 0 Å². The Kier molecular flexibility index (Phi) is 10.7. The first-order valence-corrected chi connectivity index (χ1v) is 10.1. The zero-order valence-electron chi connectivity index (χ0n) is 15.9. The van der Waals surface area contributed by atoms with Gasteiger partial charge in [0.25, 0.3) is 0 Å². The molecule has 1 aromatic rings. The Morgan fingerprint density at radius 3 is 2.52 bits per heavy atom. The number of carboxylic acid groups (broad SMARTS) is 1. The highest BCUT2D eigenvalue weighted by molar-refractivity contribution is 7.98. The summed E-state index contributed by atoms with van der Waals surface area (Å²) in [6.07, 6.45) is 4.95. The number of rotatable bonds is 13. The molecule has 0 saturated carbocycles. The van der Waals surface area contributed by atoms with Crippen LogP contribution in [0.25, 0.3) is 0 Å². The van der Waals surface area contributed by atoms with Crippen molar-refractivity contribution in [3.05, 3.63) is 18.2 Å². The molecular formula is C16H26N6O6S. The number of aromatic amines is 1. The third-order valence-electron chi connectivity index (χ3n) is 3.81. The lowest BCUT2D eigenvalue weighted by Gasteiger charge is -2.20. The first kappa shape index (κ1) is 24.4. The summed E-state index contributed by atoms with van der Waals surface area (Å²) in [5.74, 6) is -2.68. The van der Waals surface area contributed by atoms with Crippen molar-refractivity contribution in [2.75, 3.05) is 25.2 Å². The van der Waals surface area contributed by atoms with Gasteiger partial charge in [0.05, 0.1) is 19.5 Å². The molecular weight excluding hydrogens is 404 g/mol. The molecule has 12 nitrogen and oxygen atoms in total. The Balaban J connectivity index is 2.59. The quantitative estimate of drug-likeness (QED) is 0.173. The van der Waals surface area contributed by atoms with Gasteiger partial charge in [-0.1, -0.05) is 0 Å². The van der Waals surface area contributed by atoms with Gasteiger partial charge in [0.15, 0.2) is 0 Å². The third-order valence-corrected chi connectivity index (χ3v) is 4.46. The molecule has 13 heteroatoms. The smallest absolute Gasteiger partial charge is 0.326 e. The highest BCUT2D eigenvalue weighted by Gasteiger charge is 2.25. The molecule has 0 bridgehead atoms. The molecule has 0 aromatic carbocycles. The summed E-state index contributed by atoms with van der Waals surface area (Å²) >= 11 is 1.46. The number of carbonyl (C=O) groups is 4. The minimum atomic E-state index is -1.23. The molecule has 29 heavy (non-hydrogen) atoms. The van der Waals surface area contributed by atoms with Gasteiger partial charge in [-0.2, -0.15) is 11.8 Å². The van der Waals surface area contributed by atoms with E-state index in [1.807, 2.05) is 6.26 Å². The third kappa shape index (κ3) is 8.93. The molecule has 0 saturated heterocycles. The first-order valence-electron chi connectivity index (χ1n) is 8.71. The number of hydrogen-bond donors (Lipinski definition) is 7. The number of carbonyl (C=O) groups excluding carboxylic acids is 3. The number of imidazole rings is 1. The molecule has 1 rings (SSSR count). The van der Waals surface area contributed by atoms with E-state index in [1.165, 1.54) is 24.3 Å². The number of aliphatic carboxylic acids is 1. The predicted octanol–water partition coefficient (Wildman–Crippen LogP) is -2.80. The minimum Gasteiger partial charge on any atom is -0.480 e. The molecule has 0 aliphatic heterocycles. The molecule has 0 aliphatic carbocycles. The Morgan fingerprint density at radius 2 is 1.97 bits per heavy atom. The summed E-state index contributed by atoms with van der Waals surface area (Å²) < 4.78 is 0. The lowest BCUT2D eigenvalue weighted by Crippen LogP contribution is -2.54. The average molecular weight is 430 g/mol. The number of amides is 3. The van der Waals surface area contributed by atoms with E-state index in [2.05, 4.69) is 25.9 Å². The van der Waals surface area contributed by atoms with Crippen molar-refractivity contribution < 1.29 is 29.4 Å². The second-order valence-corrected chi connectivity index (χ2v) is 7.07. The number of nitrogens with one attached hydrogen (secondary N) is 4. The van der Waals surface area contributed by atoms with Crippen LogP contribution in [-0.4, -0.2) is 87.2 Å². The number of aliphatic hydroxyl groups excluding tert-OH is 1. The van der Waals surface area contributed by atoms with Gasteiger partial charge in [-0.3, -0.25) is 14.4 Å². The molecule has 0 radical (unpaired) electrons. The van der Waals surface area contributed by atoms with Gasteiger partial charge < -0.3 is 36.9 Å². The number of hydrogen-bond acceptors (Lipinski definition) is 8. The number of H-pyrrole nitrogens is 1. The van der Waals surface area contributed by atoms with Gasteiger partial charge in [-0.05, 0) is 18.4 Å². The minimum absolute atomic E-state index is 0.000470. The number of nitrogens with zero attached hydrogens (tertiary/aromatic N) is 1. The molecule has 1 heterocycles. The van der Waals surface area contributed by atoms with Crippen molar-refractivity contribution in [3.8, 4) is 0 Å². The van der Waals surface area contributed by atoms with Crippen molar-refractivity contribution in [2.45, 2.75) is 31.0 Å². The number of carboxylic acids is 1. The van der Waals surface area contributed by atoms with Crippen LogP contribution in [0.2, 0.25) is 0 Å². The van der Waals surface area contributed by atoms with Gasteiger partial charge in [-0.15, -0.1) is 0 Å². The van der Waals surface area contributed by atoms with E-state index in [9.17, 15) is 24.3 Å². The Bertz CT molecular complexity index is 685. The molecule has 3 amide bonds. The summed E-state index contributed by atoms with van der Waals surface area (Å²) in [6.45, 7) is -1.04. The molecule has 0 aliphatic rings. The van der Waals surface area contributed by atoms with E-state index < -0.39 is 55.0 Å². The van der Waals surface area contributed by atoms with Crippen LogP contribution in [-0.2, 0) is 25.6 Å². The van der Waals surface area contributed by atoms with Crippen LogP contribution in [0.3, 0.4) is 0 Å². The van der Waals surface area contributed by atoms with E-state index in [1.54, 1.807) is 0 Å². The zero-order chi connectivity index (χ0) is 21.8. The lowest BCUT2D eigenvalue weighted by atomic mass is 10.1. The first-order chi connectivity index (χ1) is 13.8. The summed E-state index contributed by atoms with van der Waals surface area (Å²) in [4.78, 5) is 54.0. The summed E-state index contributed by atoms with van der Waals surface area (Å²) in [5.41, 5.74) is 5.96. The van der Waals surface area contributed by atoms with E-state index in [-0.39, 0.29) is 12.8 Å². The maximum atomic E-state index is 12.3. The van der Waals surface area contributed by atoms with Crippen LogP contribution < -0.4 is 21.7 Å². The predicted molar refractivity (Wildman–Crippen MR) is 105 cm³/mol. The molecule has 3 atom stereocenters. The second-order valence-electron chi connectivity index (χ2n) is 6.09. The summed E-state index contributed by atoms with van der Waals surface area (Å²) in [6, 6.07) is -3.31. The fourth-order valence-electron chi connectivity index (χ4n) is 2.22. The summed E-state index contributed by atoms with van der Waals surface area (Å²) in [7, 11) is 0. The second kappa shape index (κ2) is 12.7. The monoisotopic (exact) mass is 430 g/mol. The van der Waals surface area contributed by atoms with Gasteiger partial charge in [0, 0.05) is 18.3 Å². The molecule has 162 valence electrons. The number of aliphatic hydroxyl groups is 1. The maximum Gasteiger partial charge on any atom is 0.326 e. The Labute approximate surface area is 171 Å². The largest absolute Gasteiger partial charge is 0.480 e. The molecule has 8 N–H and O–H groups in total. The van der Waals surface area contributed by atoms with Gasteiger partial charge in [0.2, 0.25) is 17.7 Å². The molecule has 3 unspecified atom stereocenters. The lowest BCUT2D eigenvalue weighted by molar-refractivity contribution is -0.141. The average Bonchev–Trinajstić information content (AvgIpc) is 3.20. The molecule has 0 spiro atoms. The van der Waals surface area contributed by atoms with E-state index in [0.717, 1.165) is 0 Å². The van der Waals surface area contributed by atoms with Crippen molar-refractivity contribution in [1.29, 1.82) is 0 Å². The molecule has 1 aromatic heterocycles. The van der Waals surface area contributed by atoms with Gasteiger partial charge in [0.1, 0.15) is 18.1 Å². The fourth-order valence-corrected chi connectivity index (χ4v) is 2.69. The SMILES string of the molecule is CSCCC(NC(=O)C(N)CO)C(=O)NCC(=O)NC(Cc1cnc[nH]1)C(=O)O. The van der Waals surface area contributed by atoms with Crippen molar-refractivity contribution in [2.24, 2.45) is 5.73 Å². The van der Waals surface area contributed by atoms with Crippen LogP contribution in [0, 0.1) is 0 Å². The van der Waals surface area contributed by atoms with Crippen LogP contribution in [0.1, 0.15) is 12.1 Å². The van der Waals surface area contributed by atoms with Crippen molar-refractivity contribution in [3.63, 3.8) is 0 Å².